The van der Waals surface area contributed by atoms with E-state index in [0.29, 0.717) is 52.5 Å². The van der Waals surface area contributed by atoms with Crippen LogP contribution in [0.5, 0.6) is 0 Å². The number of nitrogens with zero attached hydrogens (tertiary/aromatic N) is 3. The molecule has 0 aromatic heterocycles. The molecule has 1 amide bonds. The van der Waals surface area contributed by atoms with Gasteiger partial charge < -0.3 is 19.3 Å². The number of carbonyl (C=O) groups excluding carboxylic acids is 1. The summed E-state index contributed by atoms with van der Waals surface area (Å²) in [7, 11) is -0.668. The van der Waals surface area contributed by atoms with Crippen LogP contribution in [-0.2, 0) is 19.5 Å². The molecule has 3 rings (SSSR count). The molecule has 0 aliphatic carbocycles. The first-order valence-electron chi connectivity index (χ1n) is 10.8. The van der Waals surface area contributed by atoms with Gasteiger partial charge in [-0.05, 0) is 30.3 Å². The van der Waals surface area contributed by atoms with Gasteiger partial charge in [-0.25, -0.2) is 8.42 Å². The second kappa shape index (κ2) is 11.8. The maximum absolute atomic E-state index is 13.3. The van der Waals surface area contributed by atoms with Crippen LogP contribution < -0.4 is 4.90 Å². The molecule has 180 valence electrons. The number of ether oxygens (including phenoxy) is 2. The topological polar surface area (TPSA) is 79.4 Å². The van der Waals surface area contributed by atoms with Crippen LogP contribution in [0.2, 0.25) is 5.02 Å². The van der Waals surface area contributed by atoms with Crippen molar-refractivity contribution in [2.45, 2.75) is 4.90 Å². The monoisotopic (exact) mass is 495 g/mol. The van der Waals surface area contributed by atoms with Crippen molar-refractivity contribution in [3.8, 4) is 0 Å². The summed E-state index contributed by atoms with van der Waals surface area (Å²) in [6.45, 7) is 3.26. The summed E-state index contributed by atoms with van der Waals surface area (Å²) >= 11 is 6.30. The lowest BCUT2D eigenvalue weighted by molar-refractivity contribution is 0.0627. The number of rotatable bonds is 10. The minimum absolute atomic E-state index is 0.0573. The number of carbonyl (C=O) groups is 1. The molecule has 0 atom stereocenters. The Morgan fingerprint density at radius 1 is 0.970 bits per heavy atom. The fourth-order valence-electron chi connectivity index (χ4n) is 3.69. The van der Waals surface area contributed by atoms with Crippen molar-refractivity contribution < 1.29 is 22.7 Å². The van der Waals surface area contributed by atoms with Gasteiger partial charge in [0.2, 0.25) is 10.0 Å². The summed E-state index contributed by atoms with van der Waals surface area (Å²) in [5.74, 6) is -0.361. The van der Waals surface area contributed by atoms with E-state index in [-0.39, 0.29) is 21.4 Å². The van der Waals surface area contributed by atoms with Gasteiger partial charge >= 0.3 is 0 Å². The van der Waals surface area contributed by atoms with Crippen LogP contribution in [-0.4, -0.2) is 90.2 Å². The molecule has 1 saturated heterocycles. The van der Waals surface area contributed by atoms with Crippen LogP contribution in [0, 0.1) is 0 Å². The second-order valence-electron chi connectivity index (χ2n) is 7.65. The van der Waals surface area contributed by atoms with Gasteiger partial charge in [0, 0.05) is 59.2 Å². The average Bonchev–Trinajstić information content (AvgIpc) is 2.84. The molecule has 2 aromatic carbocycles. The zero-order chi connectivity index (χ0) is 23.8. The lowest BCUT2D eigenvalue weighted by Gasteiger charge is -2.35. The van der Waals surface area contributed by atoms with E-state index in [1.807, 2.05) is 30.3 Å². The number of para-hydroxylation sites is 1. The summed E-state index contributed by atoms with van der Waals surface area (Å²) in [5, 5.41) is 0.202. The number of halogens is 1. The van der Waals surface area contributed by atoms with Crippen molar-refractivity contribution in [1.82, 2.24) is 9.21 Å². The van der Waals surface area contributed by atoms with Crippen LogP contribution in [0.3, 0.4) is 0 Å². The van der Waals surface area contributed by atoms with Gasteiger partial charge in [-0.15, -0.1) is 0 Å². The maximum Gasteiger partial charge on any atom is 0.255 e. The maximum atomic E-state index is 13.3. The molecule has 0 spiro atoms. The van der Waals surface area contributed by atoms with E-state index in [9.17, 15) is 13.2 Å². The molecule has 0 unspecified atom stereocenters. The fourth-order valence-corrected chi connectivity index (χ4v) is 5.34. The zero-order valence-electron chi connectivity index (χ0n) is 18.9. The molecule has 0 bridgehead atoms. The molecular formula is C23H30ClN3O5S. The Bertz CT molecular complexity index is 1020. The summed E-state index contributed by atoms with van der Waals surface area (Å²) < 4.78 is 38.3. The summed E-state index contributed by atoms with van der Waals surface area (Å²) in [6.07, 6.45) is 0. The van der Waals surface area contributed by atoms with Crippen molar-refractivity contribution in [2.24, 2.45) is 0 Å². The molecule has 1 aliphatic rings. The molecule has 0 N–H and O–H groups in total. The predicted octanol–water partition coefficient (Wildman–Crippen LogP) is 2.59. The fraction of sp³-hybridized carbons (Fsp3) is 0.435. The Morgan fingerprint density at radius 3 is 2.15 bits per heavy atom. The molecule has 0 radical (unpaired) electrons. The Balaban J connectivity index is 1.77. The Morgan fingerprint density at radius 2 is 1.58 bits per heavy atom. The van der Waals surface area contributed by atoms with Crippen LogP contribution >= 0.6 is 11.6 Å². The van der Waals surface area contributed by atoms with E-state index in [1.165, 1.54) is 22.5 Å². The van der Waals surface area contributed by atoms with E-state index in [4.69, 9.17) is 21.1 Å². The standard InChI is InChI=1S/C23H30ClN3O5S/c1-31-16-14-26(15-17-32-2)23(28)21-18-20(8-9-22(21)24)33(29,30)27-12-10-25(11-13-27)19-6-4-3-5-7-19/h3-9,18H,10-17H2,1-2H3. The van der Waals surface area contributed by atoms with Gasteiger partial charge in [-0.2, -0.15) is 4.31 Å². The number of piperazine rings is 1. The summed E-state index contributed by atoms with van der Waals surface area (Å²) in [6, 6.07) is 14.2. The minimum Gasteiger partial charge on any atom is -0.383 e. The Hall–Kier alpha value is -2.17. The first-order chi connectivity index (χ1) is 15.9. The number of sulfonamides is 1. The van der Waals surface area contributed by atoms with Gasteiger partial charge in [0.15, 0.2) is 0 Å². The van der Waals surface area contributed by atoms with E-state index >= 15 is 0 Å². The quantitative estimate of drug-likeness (QED) is 0.504. The normalized spacial score (nSPS) is 14.9. The highest BCUT2D eigenvalue weighted by atomic mass is 35.5. The molecular weight excluding hydrogens is 466 g/mol. The molecule has 2 aromatic rings. The van der Waals surface area contributed by atoms with Gasteiger partial charge in [0.05, 0.1) is 28.7 Å². The minimum atomic E-state index is -3.77. The molecule has 33 heavy (non-hydrogen) atoms. The van der Waals surface area contributed by atoms with Crippen LogP contribution in [0.4, 0.5) is 5.69 Å². The average molecular weight is 496 g/mol. The zero-order valence-corrected chi connectivity index (χ0v) is 20.5. The van der Waals surface area contributed by atoms with E-state index in [0.717, 1.165) is 5.69 Å². The van der Waals surface area contributed by atoms with Crippen LogP contribution in [0.15, 0.2) is 53.4 Å². The van der Waals surface area contributed by atoms with Gasteiger partial charge in [-0.1, -0.05) is 29.8 Å². The first kappa shape index (κ1) is 25.5. The first-order valence-corrected chi connectivity index (χ1v) is 12.6. The van der Waals surface area contributed by atoms with Gasteiger partial charge in [0.25, 0.3) is 5.91 Å². The lowest BCUT2D eigenvalue weighted by atomic mass is 10.2. The van der Waals surface area contributed by atoms with Crippen molar-refractivity contribution in [1.29, 1.82) is 0 Å². The molecule has 8 nitrogen and oxygen atoms in total. The molecule has 1 heterocycles. The SMILES string of the molecule is COCCN(CCOC)C(=O)c1cc(S(=O)(=O)N2CCN(c3ccccc3)CC2)ccc1Cl. The summed E-state index contributed by atoms with van der Waals surface area (Å²) in [5.41, 5.74) is 1.22. The molecule has 1 fully saturated rings. The predicted molar refractivity (Wildman–Crippen MR) is 129 cm³/mol. The third kappa shape index (κ3) is 6.24. The number of benzene rings is 2. The van der Waals surface area contributed by atoms with Crippen LogP contribution in [0.25, 0.3) is 0 Å². The second-order valence-corrected chi connectivity index (χ2v) is 9.99. The highest BCUT2D eigenvalue weighted by Crippen LogP contribution is 2.26. The van der Waals surface area contributed by atoms with Gasteiger partial charge in [-0.3, -0.25) is 4.79 Å². The van der Waals surface area contributed by atoms with Gasteiger partial charge in [0.1, 0.15) is 0 Å². The summed E-state index contributed by atoms with van der Waals surface area (Å²) in [4.78, 5) is 16.9. The van der Waals surface area contributed by atoms with Crippen molar-refractivity contribution >= 4 is 33.2 Å². The third-order valence-corrected chi connectivity index (χ3v) is 7.81. The van der Waals surface area contributed by atoms with Crippen molar-refractivity contribution in [3.05, 3.63) is 59.1 Å². The smallest absolute Gasteiger partial charge is 0.255 e. The van der Waals surface area contributed by atoms with Crippen LogP contribution in [0.1, 0.15) is 10.4 Å². The largest absolute Gasteiger partial charge is 0.383 e. The third-order valence-electron chi connectivity index (χ3n) is 5.58. The number of amides is 1. The number of hydrogen-bond donors (Lipinski definition) is 0. The lowest BCUT2D eigenvalue weighted by Crippen LogP contribution is -2.48. The molecule has 10 heteroatoms. The number of hydrogen-bond acceptors (Lipinski definition) is 6. The number of methoxy groups -OCH3 is 2. The number of anilines is 1. The van der Waals surface area contributed by atoms with Crippen molar-refractivity contribution in [3.63, 3.8) is 0 Å². The van der Waals surface area contributed by atoms with Crippen molar-refractivity contribution in [2.75, 3.05) is 71.6 Å². The highest BCUT2D eigenvalue weighted by Gasteiger charge is 2.30. The highest BCUT2D eigenvalue weighted by molar-refractivity contribution is 7.89. The Labute approximate surface area is 200 Å². The molecule has 0 saturated carbocycles. The molecule has 1 aliphatic heterocycles. The van der Waals surface area contributed by atoms with E-state index in [2.05, 4.69) is 4.90 Å². The van der Waals surface area contributed by atoms with E-state index < -0.39 is 10.0 Å². The van der Waals surface area contributed by atoms with E-state index in [1.54, 1.807) is 19.1 Å². The Kier molecular flexibility index (Phi) is 9.10.